The summed E-state index contributed by atoms with van der Waals surface area (Å²) in [6.07, 6.45) is 0. The van der Waals surface area contributed by atoms with Crippen molar-refractivity contribution in [1.82, 2.24) is 29.9 Å². The Balaban J connectivity index is 0.996. The molecule has 0 amide bonds. The van der Waals surface area contributed by atoms with Gasteiger partial charge in [-0.3, -0.25) is 0 Å². The van der Waals surface area contributed by atoms with Crippen LogP contribution in [0.15, 0.2) is 206 Å². The number of hydrogen-bond acceptors (Lipinski definition) is 6. The predicted octanol–water partition coefficient (Wildman–Crippen LogP) is 21.2. The van der Waals surface area contributed by atoms with Crippen molar-refractivity contribution in [2.75, 3.05) is 0 Å². The van der Waals surface area contributed by atoms with Crippen LogP contribution in [0.5, 0.6) is 0 Å². The Morgan fingerprint density at radius 3 is 0.767 bits per heavy atom. The van der Waals surface area contributed by atoms with Crippen molar-refractivity contribution in [2.24, 2.45) is 0 Å². The van der Waals surface area contributed by atoms with Gasteiger partial charge in [0.1, 0.15) is 0 Å². The molecule has 6 nitrogen and oxygen atoms in total. The van der Waals surface area contributed by atoms with Gasteiger partial charge in [-0.1, -0.05) is 300 Å². The van der Waals surface area contributed by atoms with Gasteiger partial charge >= 0.3 is 0 Å². The standard InChI is InChI=1S/C80H76N6/c1-49-24-46-65-67(47-49)69(62-20-16-15-19-61(62)51-25-27-52(28-26-51)71-81-72(53-29-37-57(38-30-53)77(3,4)5)83-73(82-71)54-31-39-58(40-32-54)78(6,7)8)64-45-23-50(2)48-68(64)70(65)63-21-17-18-22-66(63)76-85-74(55-33-41-59(42-34-55)79(9,10)11)84-75(86-76)56-35-43-60(44-36-56)80(12,13)14/h15-48H,1-14H3. The van der Waals surface area contributed by atoms with Gasteiger partial charge in [-0.25, -0.2) is 29.9 Å². The van der Waals surface area contributed by atoms with E-state index in [9.17, 15) is 0 Å². The molecule has 12 aromatic rings. The topological polar surface area (TPSA) is 77.3 Å². The summed E-state index contributed by atoms with van der Waals surface area (Å²) in [4.78, 5) is 31.5. The van der Waals surface area contributed by atoms with Crippen LogP contribution in [0.3, 0.4) is 0 Å². The average molecular weight is 1120 g/mol. The van der Waals surface area contributed by atoms with Gasteiger partial charge in [0.25, 0.3) is 0 Å². The van der Waals surface area contributed by atoms with Gasteiger partial charge < -0.3 is 0 Å². The third-order valence-electron chi connectivity index (χ3n) is 16.8. The molecule has 426 valence electrons. The summed E-state index contributed by atoms with van der Waals surface area (Å²) in [6.45, 7) is 31.2. The van der Waals surface area contributed by atoms with E-state index < -0.39 is 0 Å². The highest BCUT2D eigenvalue weighted by Gasteiger charge is 2.25. The largest absolute Gasteiger partial charge is 0.208 e. The summed E-state index contributed by atoms with van der Waals surface area (Å²) >= 11 is 0. The van der Waals surface area contributed by atoms with Gasteiger partial charge in [0.05, 0.1) is 0 Å². The number of benzene rings is 10. The van der Waals surface area contributed by atoms with E-state index in [0.717, 1.165) is 77.4 Å². The molecule has 12 rings (SSSR count). The number of fused-ring (bicyclic) bond motifs is 2. The van der Waals surface area contributed by atoms with Gasteiger partial charge in [-0.2, -0.15) is 0 Å². The Hall–Kier alpha value is -9.26. The average Bonchev–Trinajstić information content (AvgIpc) is 0.780. The zero-order valence-corrected chi connectivity index (χ0v) is 52.3. The van der Waals surface area contributed by atoms with Crippen LogP contribution in [0.2, 0.25) is 0 Å². The van der Waals surface area contributed by atoms with E-state index in [2.05, 4.69) is 303 Å². The lowest BCUT2D eigenvalue weighted by atomic mass is 9.82. The molecule has 0 saturated carbocycles. The second-order valence-electron chi connectivity index (χ2n) is 27.4. The van der Waals surface area contributed by atoms with Crippen molar-refractivity contribution in [2.45, 2.75) is 119 Å². The Morgan fingerprint density at radius 1 is 0.221 bits per heavy atom. The molecular formula is C80H76N6. The quantitative estimate of drug-likeness (QED) is 0.134. The summed E-state index contributed by atoms with van der Waals surface area (Å²) < 4.78 is 0. The molecule has 0 spiro atoms. The van der Waals surface area contributed by atoms with Crippen LogP contribution in [0.1, 0.15) is 116 Å². The van der Waals surface area contributed by atoms with Crippen LogP contribution in [0, 0.1) is 13.8 Å². The molecule has 10 aromatic carbocycles. The third-order valence-corrected chi connectivity index (χ3v) is 16.8. The Morgan fingerprint density at radius 2 is 0.465 bits per heavy atom. The molecule has 0 fully saturated rings. The molecule has 0 atom stereocenters. The Bertz CT molecular complexity index is 4360. The normalized spacial score (nSPS) is 12.3. The van der Waals surface area contributed by atoms with Gasteiger partial charge in [0.2, 0.25) is 0 Å². The van der Waals surface area contributed by atoms with E-state index in [1.807, 2.05) is 0 Å². The molecule has 0 radical (unpaired) electrons. The van der Waals surface area contributed by atoms with E-state index in [1.54, 1.807) is 0 Å². The second-order valence-corrected chi connectivity index (χ2v) is 27.4. The van der Waals surface area contributed by atoms with Crippen LogP contribution in [0.25, 0.3) is 123 Å². The number of aromatic nitrogens is 6. The molecule has 0 unspecified atom stereocenters. The summed E-state index contributed by atoms with van der Waals surface area (Å²) in [5, 5.41) is 4.63. The van der Waals surface area contributed by atoms with Gasteiger partial charge in [0, 0.05) is 33.4 Å². The fourth-order valence-electron chi connectivity index (χ4n) is 11.7. The first kappa shape index (κ1) is 57.2. The molecule has 0 bridgehead atoms. The Kier molecular flexibility index (Phi) is 14.6. The first-order chi connectivity index (χ1) is 40.9. The molecule has 0 aliphatic heterocycles. The Labute approximate surface area is 508 Å². The monoisotopic (exact) mass is 1120 g/mol. The highest BCUT2D eigenvalue weighted by Crippen LogP contribution is 2.49. The lowest BCUT2D eigenvalue weighted by molar-refractivity contribution is 0.590. The summed E-state index contributed by atoms with van der Waals surface area (Å²) in [6, 6.07) is 74.8. The molecule has 2 heterocycles. The van der Waals surface area contributed by atoms with E-state index >= 15 is 0 Å². The van der Waals surface area contributed by atoms with Crippen molar-refractivity contribution in [3.63, 3.8) is 0 Å². The molecule has 6 heteroatoms. The third kappa shape index (κ3) is 11.4. The van der Waals surface area contributed by atoms with Gasteiger partial charge in [0.15, 0.2) is 34.9 Å². The maximum Gasteiger partial charge on any atom is 0.164 e. The maximum absolute atomic E-state index is 5.38. The van der Waals surface area contributed by atoms with E-state index in [1.165, 1.54) is 44.3 Å². The minimum absolute atomic E-state index is 0.00192. The summed E-state index contributed by atoms with van der Waals surface area (Å²) in [5.41, 5.74) is 19.8. The zero-order chi connectivity index (χ0) is 60.5. The van der Waals surface area contributed by atoms with Gasteiger partial charge in [-0.05, 0) is 113 Å². The van der Waals surface area contributed by atoms with Crippen molar-refractivity contribution < 1.29 is 0 Å². The highest BCUT2D eigenvalue weighted by atomic mass is 15.0. The minimum Gasteiger partial charge on any atom is -0.208 e. The number of aryl methyl sites for hydroxylation is 2. The molecule has 0 saturated heterocycles. The number of rotatable bonds is 9. The van der Waals surface area contributed by atoms with Crippen LogP contribution >= 0.6 is 0 Å². The number of hydrogen-bond donors (Lipinski definition) is 0. The smallest absolute Gasteiger partial charge is 0.164 e. The first-order valence-electron chi connectivity index (χ1n) is 30.2. The first-order valence-corrected chi connectivity index (χ1v) is 30.2. The fourth-order valence-corrected chi connectivity index (χ4v) is 11.7. The van der Waals surface area contributed by atoms with E-state index in [4.69, 9.17) is 29.9 Å². The maximum atomic E-state index is 5.38. The molecule has 2 aromatic heterocycles. The van der Waals surface area contributed by atoms with Crippen LogP contribution in [-0.4, -0.2) is 29.9 Å². The molecule has 0 N–H and O–H groups in total. The van der Waals surface area contributed by atoms with Crippen LogP contribution in [0.4, 0.5) is 0 Å². The molecular weight excluding hydrogens is 1040 g/mol. The van der Waals surface area contributed by atoms with E-state index in [0.29, 0.717) is 34.9 Å². The predicted molar refractivity (Wildman–Crippen MR) is 361 cm³/mol. The fraction of sp³-hybridized carbons (Fsp3) is 0.225. The van der Waals surface area contributed by atoms with Gasteiger partial charge in [-0.15, -0.1) is 0 Å². The lowest BCUT2D eigenvalue weighted by Gasteiger charge is -2.22. The van der Waals surface area contributed by atoms with Crippen molar-refractivity contribution in [1.29, 1.82) is 0 Å². The highest BCUT2D eigenvalue weighted by molar-refractivity contribution is 6.23. The van der Waals surface area contributed by atoms with Crippen LogP contribution < -0.4 is 0 Å². The second kappa shape index (κ2) is 22.0. The summed E-state index contributed by atoms with van der Waals surface area (Å²) in [7, 11) is 0. The lowest BCUT2D eigenvalue weighted by Crippen LogP contribution is -2.11. The number of nitrogens with zero attached hydrogens (tertiary/aromatic N) is 6. The SMILES string of the molecule is Cc1ccc2c(-c3ccccc3-c3nc(-c4ccc(C(C)(C)C)cc4)nc(-c4ccc(C(C)(C)C)cc4)n3)c3cc(C)ccc3c(-c3ccccc3-c3ccc(-c4nc(-c5ccc(C(C)(C)C)cc5)nc(-c5ccc(C(C)(C)C)cc5)n4)cc3)c2c1. The summed E-state index contributed by atoms with van der Waals surface area (Å²) in [5.74, 6) is 3.79. The van der Waals surface area contributed by atoms with Crippen LogP contribution in [-0.2, 0) is 21.7 Å². The minimum atomic E-state index is 0.00192. The van der Waals surface area contributed by atoms with E-state index in [-0.39, 0.29) is 21.7 Å². The molecule has 0 aliphatic rings. The van der Waals surface area contributed by atoms with Crippen molar-refractivity contribution in [3.05, 3.63) is 240 Å². The zero-order valence-electron chi connectivity index (χ0n) is 52.3. The molecule has 0 aliphatic carbocycles. The molecule has 86 heavy (non-hydrogen) atoms. The van der Waals surface area contributed by atoms with Crippen molar-refractivity contribution >= 4 is 21.5 Å². The van der Waals surface area contributed by atoms with Crippen molar-refractivity contribution in [3.8, 4) is 102 Å².